The average Bonchev–Trinajstić information content (AvgIpc) is 2.72. The van der Waals surface area contributed by atoms with Crippen molar-refractivity contribution in [2.45, 2.75) is 17.9 Å². The highest BCUT2D eigenvalue weighted by Gasteiger charge is 2.33. The van der Waals surface area contributed by atoms with Crippen molar-refractivity contribution in [3.8, 4) is 5.75 Å². The lowest BCUT2D eigenvalue weighted by atomic mass is 9.95. The van der Waals surface area contributed by atoms with Crippen LogP contribution in [-0.4, -0.2) is 31.5 Å². The number of urea groups is 1. The fraction of sp³-hybridized carbons (Fsp3) is 0.238. The Morgan fingerprint density at radius 2 is 1.82 bits per heavy atom. The summed E-state index contributed by atoms with van der Waals surface area (Å²) in [6.07, 6.45) is 0. The number of hydrogen-bond donors (Lipinski definition) is 2. The molecule has 2 amide bonds. The molecular weight excluding hydrogens is 376 g/mol. The molecule has 0 aromatic heterocycles. The number of hydrogen-bond acceptors (Lipinski definition) is 5. The molecule has 2 N–H and O–H groups in total. The molecule has 0 aliphatic carbocycles. The summed E-state index contributed by atoms with van der Waals surface area (Å²) in [4.78, 5) is 25.9. The van der Waals surface area contributed by atoms with Gasteiger partial charge in [0, 0.05) is 16.3 Å². The lowest BCUT2D eigenvalue weighted by molar-refractivity contribution is -0.139. The van der Waals surface area contributed by atoms with Crippen LogP contribution in [0.25, 0.3) is 0 Å². The average molecular weight is 398 g/mol. The van der Waals surface area contributed by atoms with Gasteiger partial charge in [0.15, 0.2) is 0 Å². The van der Waals surface area contributed by atoms with Crippen LogP contribution in [0.2, 0.25) is 0 Å². The van der Waals surface area contributed by atoms with E-state index in [1.807, 2.05) is 54.6 Å². The molecule has 1 unspecified atom stereocenters. The van der Waals surface area contributed by atoms with E-state index in [2.05, 4.69) is 10.6 Å². The van der Waals surface area contributed by atoms with Crippen LogP contribution in [0.4, 0.5) is 4.79 Å². The molecule has 146 valence electrons. The number of thioether (sulfide) groups is 1. The van der Waals surface area contributed by atoms with Gasteiger partial charge in [0.05, 0.1) is 25.3 Å². The topological polar surface area (TPSA) is 76.7 Å². The Labute approximate surface area is 168 Å². The van der Waals surface area contributed by atoms with Crippen LogP contribution < -0.4 is 15.4 Å². The number of carbonyl (C=O) groups is 2. The third-order valence-corrected chi connectivity index (χ3v) is 5.30. The van der Waals surface area contributed by atoms with E-state index in [1.54, 1.807) is 14.0 Å². The molecule has 0 fully saturated rings. The van der Waals surface area contributed by atoms with Gasteiger partial charge >= 0.3 is 12.0 Å². The number of carbonyl (C=O) groups excluding carboxylic acids is 2. The van der Waals surface area contributed by atoms with E-state index in [4.69, 9.17) is 9.47 Å². The fourth-order valence-corrected chi connectivity index (χ4v) is 3.96. The lowest BCUT2D eigenvalue weighted by Gasteiger charge is -2.29. The normalized spacial score (nSPS) is 16.2. The molecular formula is C21H22N2O4S. The number of amides is 2. The molecule has 1 heterocycles. The Hall–Kier alpha value is -2.93. The maximum absolute atomic E-state index is 12.7. The highest BCUT2D eigenvalue weighted by molar-refractivity contribution is 7.99. The summed E-state index contributed by atoms with van der Waals surface area (Å²) in [6, 6.07) is 16.1. The largest absolute Gasteiger partial charge is 0.496 e. The molecule has 0 spiro atoms. The zero-order chi connectivity index (χ0) is 19.9. The van der Waals surface area contributed by atoms with Crippen molar-refractivity contribution in [3.63, 3.8) is 0 Å². The Bertz CT molecular complexity index is 883. The van der Waals surface area contributed by atoms with Crippen LogP contribution in [0.1, 0.15) is 18.5 Å². The molecule has 3 rings (SSSR count). The van der Waals surface area contributed by atoms with Crippen molar-refractivity contribution >= 4 is 23.8 Å². The van der Waals surface area contributed by atoms with Gasteiger partial charge in [-0.1, -0.05) is 42.5 Å². The lowest BCUT2D eigenvalue weighted by Crippen LogP contribution is -2.46. The van der Waals surface area contributed by atoms with E-state index in [9.17, 15) is 9.59 Å². The molecule has 1 atom stereocenters. The van der Waals surface area contributed by atoms with Crippen molar-refractivity contribution < 1.29 is 19.1 Å². The number of esters is 1. The van der Waals surface area contributed by atoms with Gasteiger partial charge in [0.1, 0.15) is 5.75 Å². The summed E-state index contributed by atoms with van der Waals surface area (Å²) < 4.78 is 10.7. The summed E-state index contributed by atoms with van der Waals surface area (Å²) in [5.74, 6) is 0.691. The number of ether oxygens (including phenoxy) is 2. The standard InChI is InChI=1S/C21H22N2O4S/c1-3-27-20(24)18-15(13-28-17-12-8-7-11-16(17)26-2)22-21(25)23-19(18)14-9-5-4-6-10-14/h4-12,19H,3,13H2,1-2H3,(H2,22,23,25). The van der Waals surface area contributed by atoms with Crippen LogP contribution in [0.5, 0.6) is 5.75 Å². The van der Waals surface area contributed by atoms with Gasteiger partial charge in [-0.05, 0) is 24.6 Å². The Balaban J connectivity index is 1.96. The van der Waals surface area contributed by atoms with E-state index >= 15 is 0 Å². The first kappa shape index (κ1) is 19.8. The highest BCUT2D eigenvalue weighted by Crippen LogP contribution is 2.33. The smallest absolute Gasteiger partial charge is 0.338 e. The fourth-order valence-electron chi connectivity index (χ4n) is 2.97. The van der Waals surface area contributed by atoms with Crippen LogP contribution in [-0.2, 0) is 9.53 Å². The minimum Gasteiger partial charge on any atom is -0.496 e. The van der Waals surface area contributed by atoms with E-state index in [0.717, 1.165) is 16.2 Å². The molecule has 6 nitrogen and oxygen atoms in total. The summed E-state index contributed by atoms with van der Waals surface area (Å²) in [6.45, 7) is 2.01. The zero-order valence-corrected chi connectivity index (χ0v) is 16.5. The Morgan fingerprint density at radius 3 is 2.54 bits per heavy atom. The van der Waals surface area contributed by atoms with Gasteiger partial charge in [-0.3, -0.25) is 0 Å². The van der Waals surface area contributed by atoms with Crippen LogP contribution in [0, 0.1) is 0 Å². The van der Waals surface area contributed by atoms with E-state index < -0.39 is 12.0 Å². The molecule has 0 radical (unpaired) electrons. The highest BCUT2D eigenvalue weighted by atomic mass is 32.2. The van der Waals surface area contributed by atoms with Gasteiger partial charge in [0.25, 0.3) is 0 Å². The predicted octanol–water partition coefficient (Wildman–Crippen LogP) is 3.66. The SMILES string of the molecule is CCOC(=O)C1=C(CSc2ccccc2OC)NC(=O)NC1c1ccccc1. The second-order valence-electron chi connectivity index (χ2n) is 5.99. The molecule has 7 heteroatoms. The summed E-state index contributed by atoms with van der Waals surface area (Å²) in [5, 5.41) is 5.61. The van der Waals surface area contributed by atoms with Gasteiger partial charge in [-0.2, -0.15) is 0 Å². The number of benzene rings is 2. The van der Waals surface area contributed by atoms with Gasteiger partial charge in [-0.25, -0.2) is 9.59 Å². The molecule has 1 aliphatic rings. The number of para-hydroxylation sites is 1. The minimum atomic E-state index is -0.567. The zero-order valence-electron chi connectivity index (χ0n) is 15.7. The quantitative estimate of drug-likeness (QED) is 0.550. The molecule has 0 saturated heterocycles. The van der Waals surface area contributed by atoms with Crippen molar-refractivity contribution in [2.75, 3.05) is 19.5 Å². The van der Waals surface area contributed by atoms with E-state index in [0.29, 0.717) is 17.0 Å². The molecule has 28 heavy (non-hydrogen) atoms. The number of nitrogens with one attached hydrogen (secondary N) is 2. The first-order valence-electron chi connectivity index (χ1n) is 8.92. The van der Waals surface area contributed by atoms with Gasteiger partial charge in [-0.15, -0.1) is 11.8 Å². The third kappa shape index (κ3) is 4.48. The first-order chi connectivity index (χ1) is 13.6. The van der Waals surface area contributed by atoms with E-state index in [1.165, 1.54) is 11.8 Å². The van der Waals surface area contributed by atoms with Crippen molar-refractivity contribution in [1.29, 1.82) is 0 Å². The van der Waals surface area contributed by atoms with Crippen LogP contribution in [0.15, 0.2) is 70.8 Å². The monoisotopic (exact) mass is 398 g/mol. The molecule has 1 aliphatic heterocycles. The van der Waals surface area contributed by atoms with E-state index in [-0.39, 0.29) is 12.6 Å². The maximum Gasteiger partial charge on any atom is 0.338 e. The van der Waals surface area contributed by atoms with Crippen molar-refractivity contribution in [1.82, 2.24) is 10.6 Å². The van der Waals surface area contributed by atoms with Crippen molar-refractivity contribution in [3.05, 3.63) is 71.4 Å². The summed E-state index contributed by atoms with van der Waals surface area (Å²) in [7, 11) is 1.61. The Kier molecular flexibility index (Phi) is 6.60. The second-order valence-corrected chi connectivity index (χ2v) is 7.01. The van der Waals surface area contributed by atoms with Crippen LogP contribution >= 0.6 is 11.8 Å². The van der Waals surface area contributed by atoms with Crippen LogP contribution in [0.3, 0.4) is 0 Å². The number of rotatable bonds is 7. The van der Waals surface area contributed by atoms with Gasteiger partial charge < -0.3 is 20.1 Å². The molecule has 0 bridgehead atoms. The molecule has 2 aromatic rings. The first-order valence-corrected chi connectivity index (χ1v) is 9.91. The molecule has 2 aromatic carbocycles. The predicted molar refractivity (Wildman–Crippen MR) is 108 cm³/mol. The molecule has 0 saturated carbocycles. The van der Waals surface area contributed by atoms with Crippen molar-refractivity contribution in [2.24, 2.45) is 0 Å². The second kappa shape index (κ2) is 9.32. The maximum atomic E-state index is 12.7. The summed E-state index contributed by atoms with van der Waals surface area (Å²) in [5.41, 5.74) is 1.77. The number of methoxy groups -OCH3 is 1. The summed E-state index contributed by atoms with van der Waals surface area (Å²) >= 11 is 1.48. The minimum absolute atomic E-state index is 0.255. The Morgan fingerprint density at radius 1 is 1.11 bits per heavy atom. The third-order valence-electron chi connectivity index (χ3n) is 4.22. The van der Waals surface area contributed by atoms with Gasteiger partial charge in [0.2, 0.25) is 0 Å².